The number of guanidine groups is 1. The number of aliphatic imine (C=N–C) groups is 1. The Kier molecular flexibility index (Phi) is 9.19. The van der Waals surface area contributed by atoms with Crippen molar-refractivity contribution >= 4 is 29.9 Å². The lowest BCUT2D eigenvalue weighted by Crippen LogP contribution is -2.38. The van der Waals surface area contributed by atoms with Crippen LogP contribution in [0.2, 0.25) is 0 Å². The van der Waals surface area contributed by atoms with E-state index in [1.165, 1.54) is 12.8 Å². The fraction of sp³-hybridized carbons (Fsp3) is 0.625. The summed E-state index contributed by atoms with van der Waals surface area (Å²) < 4.78 is 1.76. The number of nitrogens with zero attached hydrogens (tertiary/aromatic N) is 2. The summed E-state index contributed by atoms with van der Waals surface area (Å²) in [5.41, 5.74) is 0.0739. The molecule has 5 nitrogen and oxygen atoms in total. The quantitative estimate of drug-likeness (QED) is 0.295. The van der Waals surface area contributed by atoms with Gasteiger partial charge in [0.25, 0.3) is 0 Å². The maximum absolute atomic E-state index is 11.5. The first kappa shape index (κ1) is 19.0. The van der Waals surface area contributed by atoms with E-state index < -0.39 is 0 Å². The SMILES string of the molecule is CCNC(=NCC1CC1)NCCCCn1ccccc1=O.I. The van der Waals surface area contributed by atoms with E-state index in [0.717, 1.165) is 50.9 Å². The standard InChI is InChI=1S/C16H26N4O.HI/c1-2-17-16(19-13-14-8-9-14)18-10-4-6-12-20-11-5-3-7-15(20)21;/h3,5,7,11,14H,2,4,6,8-10,12-13H2,1H3,(H2,17,18,19);1H. The topological polar surface area (TPSA) is 58.4 Å². The average molecular weight is 418 g/mol. The normalized spacial score (nSPS) is 14.3. The molecule has 1 aromatic rings. The largest absolute Gasteiger partial charge is 0.357 e. The van der Waals surface area contributed by atoms with E-state index in [4.69, 9.17) is 0 Å². The van der Waals surface area contributed by atoms with Crippen LogP contribution in [0.15, 0.2) is 34.2 Å². The molecule has 0 atom stereocenters. The third-order valence-electron chi connectivity index (χ3n) is 3.57. The second kappa shape index (κ2) is 10.6. The average Bonchev–Trinajstić information content (AvgIpc) is 3.30. The van der Waals surface area contributed by atoms with Crippen LogP contribution in [0.5, 0.6) is 0 Å². The Morgan fingerprint density at radius 2 is 2.14 bits per heavy atom. The Hall–Kier alpha value is -1.05. The molecular weight excluding hydrogens is 391 g/mol. The van der Waals surface area contributed by atoms with Crippen LogP contribution in [-0.2, 0) is 6.54 Å². The highest BCUT2D eigenvalue weighted by atomic mass is 127. The van der Waals surface area contributed by atoms with Gasteiger partial charge < -0.3 is 15.2 Å². The molecule has 0 bridgehead atoms. The van der Waals surface area contributed by atoms with Crippen molar-refractivity contribution in [3.8, 4) is 0 Å². The highest BCUT2D eigenvalue weighted by molar-refractivity contribution is 14.0. The van der Waals surface area contributed by atoms with Crippen molar-refractivity contribution in [2.24, 2.45) is 10.9 Å². The molecule has 2 rings (SSSR count). The van der Waals surface area contributed by atoms with Crippen LogP contribution in [0.25, 0.3) is 0 Å². The molecule has 1 aliphatic rings. The van der Waals surface area contributed by atoms with Crippen molar-refractivity contribution < 1.29 is 0 Å². The van der Waals surface area contributed by atoms with E-state index in [0.29, 0.717) is 0 Å². The minimum absolute atomic E-state index is 0. The van der Waals surface area contributed by atoms with E-state index in [1.54, 1.807) is 16.7 Å². The summed E-state index contributed by atoms with van der Waals surface area (Å²) in [4.78, 5) is 16.1. The van der Waals surface area contributed by atoms with Crippen LogP contribution < -0.4 is 16.2 Å². The van der Waals surface area contributed by atoms with Crippen molar-refractivity contribution in [3.63, 3.8) is 0 Å². The molecule has 0 aliphatic heterocycles. The number of halogens is 1. The van der Waals surface area contributed by atoms with E-state index in [9.17, 15) is 4.79 Å². The van der Waals surface area contributed by atoms with Gasteiger partial charge in [0.05, 0.1) is 0 Å². The van der Waals surface area contributed by atoms with Gasteiger partial charge in [-0.2, -0.15) is 0 Å². The number of aromatic nitrogens is 1. The van der Waals surface area contributed by atoms with Crippen LogP contribution in [-0.4, -0.2) is 30.2 Å². The van der Waals surface area contributed by atoms with Gasteiger partial charge in [0, 0.05) is 38.4 Å². The van der Waals surface area contributed by atoms with E-state index in [-0.39, 0.29) is 29.5 Å². The molecule has 1 aliphatic carbocycles. The highest BCUT2D eigenvalue weighted by Crippen LogP contribution is 2.28. The van der Waals surface area contributed by atoms with Gasteiger partial charge in [0.1, 0.15) is 0 Å². The minimum Gasteiger partial charge on any atom is -0.357 e. The van der Waals surface area contributed by atoms with Crippen molar-refractivity contribution in [3.05, 3.63) is 34.7 Å². The molecule has 2 N–H and O–H groups in total. The Balaban J connectivity index is 0.00000242. The lowest BCUT2D eigenvalue weighted by Gasteiger charge is -2.11. The number of rotatable bonds is 8. The van der Waals surface area contributed by atoms with Gasteiger partial charge in [0.2, 0.25) is 5.56 Å². The Morgan fingerprint density at radius 3 is 2.82 bits per heavy atom. The molecule has 0 radical (unpaired) electrons. The molecule has 0 spiro atoms. The number of hydrogen-bond donors (Lipinski definition) is 2. The van der Waals surface area contributed by atoms with E-state index in [2.05, 4.69) is 22.5 Å². The monoisotopic (exact) mass is 418 g/mol. The predicted molar refractivity (Wildman–Crippen MR) is 102 cm³/mol. The lowest BCUT2D eigenvalue weighted by molar-refractivity contribution is 0.585. The molecule has 1 aromatic heterocycles. The molecule has 1 heterocycles. The molecular formula is C16H27IN4O. The summed E-state index contributed by atoms with van der Waals surface area (Å²) in [5.74, 6) is 1.73. The number of nitrogens with one attached hydrogen (secondary N) is 2. The molecule has 0 saturated heterocycles. The highest BCUT2D eigenvalue weighted by Gasteiger charge is 2.20. The first-order valence-electron chi connectivity index (χ1n) is 7.97. The van der Waals surface area contributed by atoms with Gasteiger partial charge >= 0.3 is 0 Å². The third-order valence-corrected chi connectivity index (χ3v) is 3.57. The summed E-state index contributed by atoms with van der Waals surface area (Å²) in [7, 11) is 0. The summed E-state index contributed by atoms with van der Waals surface area (Å²) in [6.45, 7) is 5.57. The third kappa shape index (κ3) is 7.29. The van der Waals surface area contributed by atoms with Crippen LogP contribution in [0, 0.1) is 5.92 Å². The van der Waals surface area contributed by atoms with Crippen LogP contribution in [0.3, 0.4) is 0 Å². The van der Waals surface area contributed by atoms with Crippen LogP contribution >= 0.6 is 24.0 Å². The zero-order chi connectivity index (χ0) is 14.9. The Morgan fingerprint density at radius 1 is 1.32 bits per heavy atom. The van der Waals surface area contributed by atoms with Gasteiger partial charge in [-0.1, -0.05) is 6.07 Å². The Bertz CT molecular complexity index is 511. The summed E-state index contributed by atoms with van der Waals surface area (Å²) in [6.07, 6.45) is 6.51. The Labute approximate surface area is 149 Å². The minimum atomic E-state index is 0. The lowest BCUT2D eigenvalue weighted by atomic mass is 10.3. The molecule has 1 fully saturated rings. The van der Waals surface area contributed by atoms with Crippen molar-refractivity contribution in [1.29, 1.82) is 0 Å². The van der Waals surface area contributed by atoms with E-state index in [1.807, 2.05) is 12.3 Å². The molecule has 0 amide bonds. The number of aryl methyl sites for hydroxylation is 1. The van der Waals surface area contributed by atoms with Gasteiger partial charge in [-0.15, -0.1) is 24.0 Å². The zero-order valence-corrected chi connectivity index (χ0v) is 15.6. The molecule has 6 heteroatoms. The maximum Gasteiger partial charge on any atom is 0.250 e. The van der Waals surface area contributed by atoms with Crippen molar-refractivity contribution in [1.82, 2.24) is 15.2 Å². The predicted octanol–water partition coefficient (Wildman–Crippen LogP) is 2.21. The first-order valence-corrected chi connectivity index (χ1v) is 7.97. The maximum atomic E-state index is 11.5. The number of pyridine rings is 1. The van der Waals surface area contributed by atoms with Crippen LogP contribution in [0.4, 0.5) is 0 Å². The van der Waals surface area contributed by atoms with Gasteiger partial charge in [-0.05, 0) is 44.6 Å². The van der Waals surface area contributed by atoms with Crippen molar-refractivity contribution in [2.45, 2.75) is 39.2 Å². The molecule has 1 saturated carbocycles. The molecule has 0 unspecified atom stereocenters. The zero-order valence-electron chi connectivity index (χ0n) is 13.3. The van der Waals surface area contributed by atoms with Gasteiger partial charge in [-0.25, -0.2) is 0 Å². The second-order valence-corrected chi connectivity index (χ2v) is 5.53. The number of hydrogen-bond acceptors (Lipinski definition) is 2. The van der Waals surface area contributed by atoms with Crippen molar-refractivity contribution in [2.75, 3.05) is 19.6 Å². The molecule has 124 valence electrons. The fourth-order valence-corrected chi connectivity index (χ4v) is 2.12. The second-order valence-electron chi connectivity index (χ2n) is 5.53. The first-order chi connectivity index (χ1) is 10.3. The van der Waals surface area contributed by atoms with Gasteiger partial charge in [0.15, 0.2) is 5.96 Å². The number of unbranched alkanes of at least 4 members (excludes halogenated alkanes) is 1. The fourth-order valence-electron chi connectivity index (χ4n) is 2.12. The van der Waals surface area contributed by atoms with Crippen LogP contribution in [0.1, 0.15) is 32.6 Å². The van der Waals surface area contributed by atoms with Gasteiger partial charge in [-0.3, -0.25) is 9.79 Å². The molecule has 0 aromatic carbocycles. The smallest absolute Gasteiger partial charge is 0.250 e. The van der Waals surface area contributed by atoms with E-state index >= 15 is 0 Å². The summed E-state index contributed by atoms with van der Waals surface area (Å²) >= 11 is 0. The summed E-state index contributed by atoms with van der Waals surface area (Å²) in [5, 5.41) is 6.62. The molecule has 22 heavy (non-hydrogen) atoms. The summed E-state index contributed by atoms with van der Waals surface area (Å²) in [6, 6.07) is 5.28.